The number of aromatic nitrogens is 3. The predicted molar refractivity (Wildman–Crippen MR) is 72.3 cm³/mol. The van der Waals surface area contributed by atoms with Crippen LogP contribution in [0.3, 0.4) is 0 Å². The van der Waals surface area contributed by atoms with Crippen molar-refractivity contribution in [1.29, 1.82) is 0 Å². The molecular weight excluding hydrogens is 272 g/mol. The number of carbonyl (C=O) groups is 1. The first-order valence-corrected chi connectivity index (χ1v) is 6.91. The molecule has 0 saturated carbocycles. The van der Waals surface area contributed by atoms with E-state index in [1.54, 1.807) is 10.7 Å². The van der Waals surface area contributed by atoms with Crippen molar-refractivity contribution in [2.75, 3.05) is 5.32 Å². The SMILES string of the molecule is CCn1nc(C)cc1C(=O)Nc1nc(CCl)cs1. The number of nitrogens with zero attached hydrogens (tertiary/aromatic N) is 3. The summed E-state index contributed by atoms with van der Waals surface area (Å²) in [4.78, 5) is 16.2. The number of hydrogen-bond acceptors (Lipinski definition) is 4. The zero-order chi connectivity index (χ0) is 13.1. The second-order valence-electron chi connectivity index (χ2n) is 3.72. The van der Waals surface area contributed by atoms with Gasteiger partial charge in [0.15, 0.2) is 5.13 Å². The van der Waals surface area contributed by atoms with Gasteiger partial charge in [0.1, 0.15) is 5.69 Å². The maximum Gasteiger partial charge on any atom is 0.275 e. The molecule has 2 aromatic heterocycles. The van der Waals surface area contributed by atoms with Crippen molar-refractivity contribution < 1.29 is 4.79 Å². The van der Waals surface area contributed by atoms with Crippen LogP contribution in [0.1, 0.15) is 28.8 Å². The summed E-state index contributed by atoms with van der Waals surface area (Å²) in [5, 5.41) is 9.36. The predicted octanol–water partition coefficient (Wildman–Crippen LogP) is 2.66. The molecule has 0 atom stereocenters. The van der Waals surface area contributed by atoms with Gasteiger partial charge in [-0.2, -0.15) is 5.10 Å². The number of alkyl halides is 1. The standard InChI is InChI=1S/C11H13ClN4OS/c1-3-16-9(4-7(2)15-16)10(17)14-11-13-8(5-12)6-18-11/h4,6H,3,5H2,1-2H3,(H,13,14,17). The summed E-state index contributed by atoms with van der Waals surface area (Å²) in [7, 11) is 0. The Kier molecular flexibility index (Phi) is 3.98. The highest BCUT2D eigenvalue weighted by atomic mass is 35.5. The summed E-state index contributed by atoms with van der Waals surface area (Å²) in [6.45, 7) is 4.46. The zero-order valence-corrected chi connectivity index (χ0v) is 11.7. The number of aryl methyl sites for hydroxylation is 2. The van der Waals surface area contributed by atoms with Gasteiger partial charge in [-0.1, -0.05) is 0 Å². The topological polar surface area (TPSA) is 59.8 Å². The molecule has 1 amide bonds. The lowest BCUT2D eigenvalue weighted by Gasteiger charge is -2.03. The van der Waals surface area contributed by atoms with Gasteiger partial charge in [-0.3, -0.25) is 14.8 Å². The molecule has 96 valence electrons. The number of amides is 1. The molecular formula is C11H13ClN4OS. The molecule has 2 aromatic rings. The van der Waals surface area contributed by atoms with Crippen molar-refractivity contribution in [3.8, 4) is 0 Å². The maximum absolute atomic E-state index is 12.1. The third kappa shape index (κ3) is 2.70. The van der Waals surface area contributed by atoms with E-state index in [1.807, 2.05) is 19.2 Å². The van der Waals surface area contributed by atoms with Crippen molar-refractivity contribution in [3.05, 3.63) is 28.5 Å². The van der Waals surface area contributed by atoms with Gasteiger partial charge in [-0.15, -0.1) is 22.9 Å². The molecule has 2 heterocycles. The van der Waals surface area contributed by atoms with Crippen molar-refractivity contribution in [3.63, 3.8) is 0 Å². The zero-order valence-electron chi connectivity index (χ0n) is 10.1. The molecule has 0 fully saturated rings. The average molecular weight is 285 g/mol. The number of carbonyl (C=O) groups excluding carboxylic acids is 1. The number of anilines is 1. The van der Waals surface area contributed by atoms with Crippen molar-refractivity contribution >= 4 is 34.0 Å². The van der Waals surface area contributed by atoms with Crippen LogP contribution < -0.4 is 5.32 Å². The van der Waals surface area contributed by atoms with Crippen LogP contribution in [-0.2, 0) is 12.4 Å². The van der Waals surface area contributed by atoms with E-state index >= 15 is 0 Å². The second-order valence-corrected chi connectivity index (χ2v) is 4.84. The van der Waals surface area contributed by atoms with Crippen LogP contribution in [0.2, 0.25) is 0 Å². The van der Waals surface area contributed by atoms with Crippen molar-refractivity contribution in [2.45, 2.75) is 26.3 Å². The Morgan fingerprint density at radius 3 is 3.00 bits per heavy atom. The second kappa shape index (κ2) is 5.49. The normalized spacial score (nSPS) is 10.6. The maximum atomic E-state index is 12.1. The first-order valence-electron chi connectivity index (χ1n) is 5.50. The average Bonchev–Trinajstić information content (AvgIpc) is 2.95. The molecule has 1 N–H and O–H groups in total. The summed E-state index contributed by atoms with van der Waals surface area (Å²) in [6, 6.07) is 1.76. The fraction of sp³-hybridized carbons (Fsp3) is 0.364. The van der Waals surface area contributed by atoms with E-state index in [1.165, 1.54) is 11.3 Å². The van der Waals surface area contributed by atoms with E-state index in [0.717, 1.165) is 11.4 Å². The van der Waals surface area contributed by atoms with Gasteiger partial charge >= 0.3 is 0 Å². The molecule has 0 aliphatic carbocycles. The molecule has 5 nitrogen and oxygen atoms in total. The van der Waals surface area contributed by atoms with Crippen LogP contribution in [0, 0.1) is 6.92 Å². The van der Waals surface area contributed by atoms with E-state index in [0.29, 0.717) is 23.3 Å². The first-order chi connectivity index (χ1) is 8.63. The minimum Gasteiger partial charge on any atom is -0.296 e. The van der Waals surface area contributed by atoms with E-state index in [4.69, 9.17) is 11.6 Å². The highest BCUT2D eigenvalue weighted by molar-refractivity contribution is 7.14. The summed E-state index contributed by atoms with van der Waals surface area (Å²) < 4.78 is 1.67. The van der Waals surface area contributed by atoms with Crippen molar-refractivity contribution in [1.82, 2.24) is 14.8 Å². The van der Waals surface area contributed by atoms with Gasteiger partial charge in [0, 0.05) is 11.9 Å². The molecule has 0 unspecified atom stereocenters. The van der Waals surface area contributed by atoms with Gasteiger partial charge in [0.25, 0.3) is 5.91 Å². The van der Waals surface area contributed by atoms with Crippen LogP contribution in [0.5, 0.6) is 0 Å². The fourth-order valence-electron chi connectivity index (χ4n) is 1.56. The summed E-state index contributed by atoms with van der Waals surface area (Å²) >= 11 is 7.02. The molecule has 18 heavy (non-hydrogen) atoms. The molecule has 0 aromatic carbocycles. The molecule has 0 radical (unpaired) electrons. The lowest BCUT2D eigenvalue weighted by Crippen LogP contribution is -2.17. The molecule has 0 aliphatic rings. The first kappa shape index (κ1) is 13.0. The van der Waals surface area contributed by atoms with E-state index < -0.39 is 0 Å². The van der Waals surface area contributed by atoms with Gasteiger partial charge in [-0.25, -0.2) is 4.98 Å². The minimum atomic E-state index is -0.201. The van der Waals surface area contributed by atoms with Crippen LogP contribution in [0.15, 0.2) is 11.4 Å². The van der Waals surface area contributed by atoms with Crippen LogP contribution in [0.25, 0.3) is 0 Å². The molecule has 0 aliphatic heterocycles. The van der Waals surface area contributed by atoms with Gasteiger partial charge in [0.2, 0.25) is 0 Å². The smallest absolute Gasteiger partial charge is 0.275 e. The van der Waals surface area contributed by atoms with E-state index in [9.17, 15) is 4.79 Å². The number of hydrogen-bond donors (Lipinski definition) is 1. The lowest BCUT2D eigenvalue weighted by atomic mass is 10.3. The van der Waals surface area contributed by atoms with E-state index in [-0.39, 0.29) is 5.91 Å². The quantitative estimate of drug-likeness (QED) is 0.878. The van der Waals surface area contributed by atoms with Crippen LogP contribution in [0.4, 0.5) is 5.13 Å². The summed E-state index contributed by atoms with van der Waals surface area (Å²) in [5.41, 5.74) is 2.12. The van der Waals surface area contributed by atoms with Gasteiger partial charge < -0.3 is 0 Å². The highest BCUT2D eigenvalue weighted by Gasteiger charge is 2.14. The number of thiazole rings is 1. The molecule has 2 rings (SSSR count). The fourth-order valence-corrected chi connectivity index (χ4v) is 2.49. The monoisotopic (exact) mass is 284 g/mol. The van der Waals surface area contributed by atoms with Crippen LogP contribution >= 0.6 is 22.9 Å². The molecule has 7 heteroatoms. The van der Waals surface area contributed by atoms with Crippen LogP contribution in [-0.4, -0.2) is 20.7 Å². The highest BCUT2D eigenvalue weighted by Crippen LogP contribution is 2.17. The Morgan fingerprint density at radius 2 is 2.39 bits per heavy atom. The number of nitrogens with one attached hydrogen (secondary N) is 1. The Hall–Kier alpha value is -1.40. The Balaban J connectivity index is 2.16. The number of rotatable bonds is 4. The Morgan fingerprint density at radius 1 is 1.61 bits per heavy atom. The number of halogens is 1. The molecule has 0 saturated heterocycles. The van der Waals surface area contributed by atoms with E-state index in [2.05, 4.69) is 15.4 Å². The van der Waals surface area contributed by atoms with Gasteiger partial charge in [-0.05, 0) is 19.9 Å². The van der Waals surface area contributed by atoms with Crippen molar-refractivity contribution in [2.24, 2.45) is 0 Å². The largest absolute Gasteiger partial charge is 0.296 e. The van der Waals surface area contributed by atoms with Gasteiger partial charge in [0.05, 0.1) is 17.3 Å². The molecule has 0 bridgehead atoms. The lowest BCUT2D eigenvalue weighted by molar-refractivity contribution is 0.101. The summed E-state index contributed by atoms with van der Waals surface area (Å²) in [6.07, 6.45) is 0. The third-order valence-corrected chi connectivity index (χ3v) is 3.42. The molecule has 0 spiro atoms. The minimum absolute atomic E-state index is 0.201. The third-order valence-electron chi connectivity index (χ3n) is 2.34. The Bertz CT molecular complexity index is 563. The Labute approximate surface area is 114 Å². The summed E-state index contributed by atoms with van der Waals surface area (Å²) in [5.74, 6) is 0.145.